The van der Waals surface area contributed by atoms with Gasteiger partial charge in [-0.15, -0.1) is 0 Å². The number of aliphatic hydroxyl groups is 2. The molecule has 0 radical (unpaired) electrons. The van der Waals surface area contributed by atoms with Gasteiger partial charge in [0, 0.05) is 0 Å². The predicted octanol–water partition coefficient (Wildman–Crippen LogP) is 6.36. The van der Waals surface area contributed by atoms with Crippen molar-refractivity contribution in [2.75, 3.05) is 0 Å². The van der Waals surface area contributed by atoms with Crippen LogP contribution in [0.2, 0.25) is 0 Å². The van der Waals surface area contributed by atoms with Crippen LogP contribution in [0.1, 0.15) is 98.8 Å². The zero-order valence-corrected chi connectivity index (χ0v) is 19.7. The Bertz CT molecular complexity index is 624. The quantitative estimate of drug-likeness (QED) is 0.525. The second-order valence-corrected chi connectivity index (χ2v) is 12.3. The highest BCUT2D eigenvalue weighted by molar-refractivity contribution is 5.25. The van der Waals surface area contributed by atoms with Crippen LogP contribution in [0.25, 0.3) is 0 Å². The summed E-state index contributed by atoms with van der Waals surface area (Å²) >= 11 is 0. The van der Waals surface area contributed by atoms with Crippen LogP contribution in [0.15, 0.2) is 11.6 Å². The van der Waals surface area contributed by atoms with E-state index in [-0.39, 0.29) is 12.2 Å². The first-order valence-electron chi connectivity index (χ1n) is 12.7. The van der Waals surface area contributed by atoms with Crippen LogP contribution >= 0.6 is 0 Å². The average molecular weight is 403 g/mol. The fraction of sp³-hybridized carbons (Fsp3) is 0.926. The lowest BCUT2D eigenvalue weighted by atomic mass is 9.47. The van der Waals surface area contributed by atoms with E-state index in [1.165, 1.54) is 44.9 Å². The Morgan fingerprint density at radius 3 is 2.48 bits per heavy atom. The van der Waals surface area contributed by atoms with Gasteiger partial charge in [0.2, 0.25) is 0 Å². The van der Waals surface area contributed by atoms with Crippen LogP contribution in [0, 0.1) is 46.3 Å². The van der Waals surface area contributed by atoms with E-state index in [9.17, 15) is 10.2 Å². The van der Waals surface area contributed by atoms with Crippen molar-refractivity contribution >= 4 is 0 Å². The predicted molar refractivity (Wildman–Crippen MR) is 120 cm³/mol. The van der Waals surface area contributed by atoms with Gasteiger partial charge in [0.25, 0.3) is 0 Å². The number of hydrogen-bond donors (Lipinski definition) is 2. The van der Waals surface area contributed by atoms with Crippen LogP contribution in [-0.4, -0.2) is 22.4 Å². The Labute approximate surface area is 179 Å². The molecule has 29 heavy (non-hydrogen) atoms. The first kappa shape index (κ1) is 21.9. The van der Waals surface area contributed by atoms with Gasteiger partial charge in [0.05, 0.1) is 12.2 Å². The van der Waals surface area contributed by atoms with Gasteiger partial charge in [-0.25, -0.2) is 0 Å². The molecule has 2 N–H and O–H groups in total. The summed E-state index contributed by atoms with van der Waals surface area (Å²) in [4.78, 5) is 0. The first-order valence-corrected chi connectivity index (χ1v) is 12.7. The molecular weight excluding hydrogens is 356 g/mol. The van der Waals surface area contributed by atoms with E-state index in [0.29, 0.717) is 16.7 Å². The molecule has 0 aromatic heterocycles. The van der Waals surface area contributed by atoms with Crippen molar-refractivity contribution in [1.82, 2.24) is 0 Å². The molecule has 0 amide bonds. The largest absolute Gasteiger partial charge is 0.393 e. The molecule has 0 unspecified atom stereocenters. The molecule has 166 valence electrons. The Hall–Kier alpha value is -0.340. The van der Waals surface area contributed by atoms with Gasteiger partial charge < -0.3 is 10.2 Å². The topological polar surface area (TPSA) is 40.5 Å². The summed E-state index contributed by atoms with van der Waals surface area (Å²) in [5.74, 6) is 4.51. The van der Waals surface area contributed by atoms with Crippen LogP contribution in [-0.2, 0) is 0 Å². The van der Waals surface area contributed by atoms with Gasteiger partial charge in [0.15, 0.2) is 0 Å². The van der Waals surface area contributed by atoms with Crippen molar-refractivity contribution in [1.29, 1.82) is 0 Å². The number of hydrogen-bond acceptors (Lipinski definition) is 2. The molecule has 0 spiro atoms. The molecule has 3 fully saturated rings. The molecular formula is C27H46O2. The van der Waals surface area contributed by atoms with Gasteiger partial charge in [-0.1, -0.05) is 46.3 Å². The highest BCUT2D eigenvalue weighted by Crippen LogP contribution is 2.67. The molecule has 4 aliphatic carbocycles. The van der Waals surface area contributed by atoms with Crippen LogP contribution < -0.4 is 0 Å². The summed E-state index contributed by atoms with van der Waals surface area (Å²) in [6, 6.07) is 0. The van der Waals surface area contributed by atoms with Gasteiger partial charge in [0.1, 0.15) is 0 Å². The molecule has 0 aliphatic heterocycles. The van der Waals surface area contributed by atoms with E-state index < -0.39 is 0 Å². The zero-order chi connectivity index (χ0) is 21.0. The molecule has 2 heteroatoms. The Morgan fingerprint density at radius 1 is 1.00 bits per heavy atom. The number of rotatable bonds is 5. The lowest BCUT2D eigenvalue weighted by Gasteiger charge is -2.58. The monoisotopic (exact) mass is 402 g/mol. The van der Waals surface area contributed by atoms with Crippen molar-refractivity contribution in [2.24, 2.45) is 46.3 Å². The van der Waals surface area contributed by atoms with Crippen LogP contribution in [0.5, 0.6) is 0 Å². The normalized spacial score (nSPS) is 46.5. The van der Waals surface area contributed by atoms with Crippen molar-refractivity contribution in [2.45, 2.75) is 111 Å². The van der Waals surface area contributed by atoms with E-state index >= 15 is 0 Å². The molecule has 0 saturated heterocycles. The Morgan fingerprint density at radius 2 is 1.76 bits per heavy atom. The smallest absolute Gasteiger partial charge is 0.0577 e. The van der Waals surface area contributed by atoms with Gasteiger partial charge in [-0.3, -0.25) is 0 Å². The molecule has 4 aliphatic rings. The molecule has 0 heterocycles. The van der Waals surface area contributed by atoms with Crippen molar-refractivity contribution < 1.29 is 10.2 Å². The molecule has 0 aromatic carbocycles. The minimum atomic E-state index is -0.137. The second-order valence-electron chi connectivity index (χ2n) is 12.3. The molecule has 9 atom stereocenters. The third-order valence-electron chi connectivity index (χ3n) is 10.5. The lowest BCUT2D eigenvalue weighted by Crippen LogP contribution is -2.50. The Kier molecular flexibility index (Phi) is 6.01. The summed E-state index contributed by atoms with van der Waals surface area (Å²) in [6.45, 7) is 11.9. The number of fused-ring (bicyclic) bond motifs is 5. The summed E-state index contributed by atoms with van der Waals surface area (Å²) in [5.41, 5.74) is 2.44. The maximum absolute atomic E-state index is 10.3. The van der Waals surface area contributed by atoms with Crippen molar-refractivity contribution in [3.8, 4) is 0 Å². The minimum absolute atomic E-state index is 0.0994. The Balaban J connectivity index is 1.49. The third-order valence-corrected chi connectivity index (χ3v) is 10.5. The van der Waals surface area contributed by atoms with Crippen LogP contribution in [0.4, 0.5) is 0 Å². The molecule has 0 aromatic rings. The van der Waals surface area contributed by atoms with Gasteiger partial charge in [-0.2, -0.15) is 0 Å². The van der Waals surface area contributed by atoms with Crippen molar-refractivity contribution in [3.63, 3.8) is 0 Å². The lowest BCUT2D eigenvalue weighted by molar-refractivity contribution is -0.0579. The average Bonchev–Trinajstić information content (AvgIpc) is 3.03. The SMILES string of the molecule is CC(C)[C@H](O)CC[C@@H](C)[C@H]1CC[C@H]2[C@@H]3CC=C4C[C@@H](O)CC[C@]4(C)[C@H]3CC[C@]12C. The second kappa shape index (κ2) is 7.97. The maximum Gasteiger partial charge on any atom is 0.0577 e. The fourth-order valence-electron chi connectivity index (χ4n) is 8.59. The van der Waals surface area contributed by atoms with E-state index in [1.807, 2.05) is 0 Å². The maximum atomic E-state index is 10.3. The van der Waals surface area contributed by atoms with E-state index in [1.54, 1.807) is 5.57 Å². The highest BCUT2D eigenvalue weighted by atomic mass is 16.3. The summed E-state index contributed by atoms with van der Waals surface area (Å²) in [7, 11) is 0. The zero-order valence-electron chi connectivity index (χ0n) is 19.7. The highest BCUT2D eigenvalue weighted by Gasteiger charge is 2.59. The molecule has 3 saturated carbocycles. The number of allylic oxidation sites excluding steroid dienone is 1. The van der Waals surface area contributed by atoms with Gasteiger partial charge >= 0.3 is 0 Å². The van der Waals surface area contributed by atoms with Gasteiger partial charge in [-0.05, 0) is 111 Å². The van der Waals surface area contributed by atoms with Crippen LogP contribution in [0.3, 0.4) is 0 Å². The molecule has 4 rings (SSSR count). The number of aliphatic hydroxyl groups excluding tert-OH is 2. The standard InChI is InChI=1S/C27H46O2/c1-17(2)25(29)11-6-18(3)22-9-10-23-21-8-7-19-16-20(28)12-14-26(19,4)24(21)13-15-27(22,23)5/h7,17-18,20-25,28-29H,6,8-16H2,1-5H3/t18-,20+,21+,22-,23+,24+,25-,26+,27-/m1/s1. The first-order chi connectivity index (χ1) is 13.7. The molecule has 2 nitrogen and oxygen atoms in total. The van der Waals surface area contributed by atoms with Crippen molar-refractivity contribution in [3.05, 3.63) is 11.6 Å². The van der Waals surface area contributed by atoms with E-state index in [0.717, 1.165) is 48.9 Å². The third kappa shape index (κ3) is 3.65. The summed E-state index contributed by atoms with van der Waals surface area (Å²) in [5, 5.41) is 20.5. The summed E-state index contributed by atoms with van der Waals surface area (Å²) < 4.78 is 0. The summed E-state index contributed by atoms with van der Waals surface area (Å²) in [6.07, 6.45) is 14.4. The minimum Gasteiger partial charge on any atom is -0.393 e. The van der Waals surface area contributed by atoms with E-state index in [2.05, 4.69) is 40.7 Å². The fourth-order valence-corrected chi connectivity index (χ4v) is 8.59. The molecule has 0 bridgehead atoms. The van der Waals surface area contributed by atoms with E-state index in [4.69, 9.17) is 0 Å².